The topological polar surface area (TPSA) is 91.5 Å². The Bertz CT molecular complexity index is 987. The average Bonchev–Trinajstić information content (AvgIpc) is 3.18. The van der Waals surface area contributed by atoms with E-state index in [2.05, 4.69) is 21.5 Å². The van der Waals surface area contributed by atoms with Crippen LogP contribution >= 0.6 is 0 Å². The quantitative estimate of drug-likeness (QED) is 0.624. The van der Waals surface area contributed by atoms with Gasteiger partial charge in [0.25, 0.3) is 0 Å². The average molecular weight is 398 g/mol. The molecule has 154 valence electrons. The fourth-order valence-electron chi connectivity index (χ4n) is 2.98. The van der Waals surface area contributed by atoms with Crippen LogP contribution in [-0.2, 0) is 6.54 Å². The summed E-state index contributed by atoms with van der Waals surface area (Å²) in [6, 6.07) is 9.46. The molecule has 1 aromatic heterocycles. The number of aliphatic hydroxyl groups excluding tert-OH is 1. The number of ether oxygens (including phenoxy) is 3. The molecule has 0 fully saturated rings. The maximum atomic E-state index is 10.4. The first-order valence-corrected chi connectivity index (χ1v) is 9.30. The zero-order valence-corrected chi connectivity index (χ0v) is 17.3. The molecule has 3 rings (SSSR count). The van der Waals surface area contributed by atoms with Crippen LogP contribution in [0.1, 0.15) is 16.7 Å². The number of hydrogen-bond donors (Lipinski definition) is 1. The van der Waals surface area contributed by atoms with Crippen molar-refractivity contribution < 1.29 is 19.3 Å². The molecule has 1 heterocycles. The van der Waals surface area contributed by atoms with Gasteiger partial charge in [-0.15, -0.1) is 10.2 Å². The number of aromatic nitrogens is 4. The molecule has 0 aliphatic rings. The molecule has 0 amide bonds. The Balaban J connectivity index is 1.65. The van der Waals surface area contributed by atoms with Gasteiger partial charge < -0.3 is 19.3 Å². The van der Waals surface area contributed by atoms with Crippen LogP contribution in [0.4, 0.5) is 0 Å². The lowest BCUT2D eigenvalue weighted by Gasteiger charge is -2.16. The molecule has 8 nitrogen and oxygen atoms in total. The van der Waals surface area contributed by atoms with Gasteiger partial charge in [0.05, 0.1) is 20.8 Å². The van der Waals surface area contributed by atoms with Gasteiger partial charge in [0.15, 0.2) is 11.5 Å². The first-order valence-electron chi connectivity index (χ1n) is 9.30. The molecule has 2 aromatic carbocycles. The summed E-state index contributed by atoms with van der Waals surface area (Å²) in [5.41, 5.74) is 4.00. The van der Waals surface area contributed by atoms with E-state index >= 15 is 0 Å². The number of methoxy groups -OCH3 is 2. The SMILES string of the molecule is COc1ccc(-c2nnn(CC(O)COc3c(C)ccc(C)c3C)n2)cc1OC. The summed E-state index contributed by atoms with van der Waals surface area (Å²) >= 11 is 0. The van der Waals surface area contributed by atoms with E-state index in [1.807, 2.05) is 32.9 Å². The number of benzene rings is 2. The third-order valence-electron chi connectivity index (χ3n) is 4.76. The number of aliphatic hydroxyl groups is 1. The van der Waals surface area contributed by atoms with Crippen molar-refractivity contribution in [1.82, 2.24) is 20.2 Å². The van der Waals surface area contributed by atoms with Crippen LogP contribution in [0.3, 0.4) is 0 Å². The summed E-state index contributed by atoms with van der Waals surface area (Å²) in [4.78, 5) is 1.36. The van der Waals surface area contributed by atoms with Crippen molar-refractivity contribution in [2.24, 2.45) is 0 Å². The minimum atomic E-state index is -0.776. The maximum Gasteiger partial charge on any atom is 0.205 e. The van der Waals surface area contributed by atoms with Crippen LogP contribution in [-0.4, -0.2) is 52.2 Å². The standard InChI is InChI=1S/C21H26N4O4/c1-13-6-7-14(2)20(15(13)3)29-12-17(26)11-25-23-21(22-24-25)16-8-9-18(27-4)19(10-16)28-5/h6-10,17,26H,11-12H2,1-5H3. The van der Waals surface area contributed by atoms with Crippen LogP contribution in [0.25, 0.3) is 11.4 Å². The third-order valence-corrected chi connectivity index (χ3v) is 4.76. The van der Waals surface area contributed by atoms with Crippen molar-refractivity contribution in [1.29, 1.82) is 0 Å². The van der Waals surface area contributed by atoms with Crippen LogP contribution in [0.2, 0.25) is 0 Å². The van der Waals surface area contributed by atoms with Gasteiger partial charge in [-0.3, -0.25) is 0 Å². The smallest absolute Gasteiger partial charge is 0.205 e. The molecule has 0 saturated carbocycles. The Morgan fingerprint density at radius 3 is 2.45 bits per heavy atom. The lowest BCUT2D eigenvalue weighted by Crippen LogP contribution is -2.25. The number of rotatable bonds is 8. The predicted molar refractivity (Wildman–Crippen MR) is 109 cm³/mol. The minimum absolute atomic E-state index is 0.137. The van der Waals surface area contributed by atoms with E-state index in [1.54, 1.807) is 26.4 Å². The van der Waals surface area contributed by atoms with E-state index in [4.69, 9.17) is 14.2 Å². The van der Waals surface area contributed by atoms with E-state index in [0.29, 0.717) is 17.3 Å². The second-order valence-corrected chi connectivity index (χ2v) is 6.86. The minimum Gasteiger partial charge on any atom is -0.493 e. The summed E-state index contributed by atoms with van der Waals surface area (Å²) in [6.07, 6.45) is -0.776. The molecule has 8 heteroatoms. The first-order chi connectivity index (χ1) is 13.9. The predicted octanol–water partition coefficient (Wildman–Crippen LogP) is 2.72. The van der Waals surface area contributed by atoms with Crippen LogP contribution in [0, 0.1) is 20.8 Å². The van der Waals surface area contributed by atoms with Crippen LogP contribution < -0.4 is 14.2 Å². The summed E-state index contributed by atoms with van der Waals surface area (Å²) in [5.74, 6) is 2.45. The Morgan fingerprint density at radius 1 is 1.00 bits per heavy atom. The molecule has 1 N–H and O–H groups in total. The molecule has 1 atom stereocenters. The van der Waals surface area contributed by atoms with Crippen molar-refractivity contribution in [2.45, 2.75) is 33.4 Å². The van der Waals surface area contributed by atoms with Crippen molar-refractivity contribution in [3.8, 4) is 28.6 Å². The van der Waals surface area contributed by atoms with Crippen molar-refractivity contribution >= 4 is 0 Å². The number of hydrogen-bond acceptors (Lipinski definition) is 7. The van der Waals surface area contributed by atoms with Gasteiger partial charge >= 0.3 is 0 Å². The first kappa shape index (κ1) is 20.6. The van der Waals surface area contributed by atoms with Gasteiger partial charge in [0.1, 0.15) is 18.5 Å². The largest absolute Gasteiger partial charge is 0.493 e. The fraction of sp³-hybridized carbons (Fsp3) is 0.381. The van der Waals surface area contributed by atoms with E-state index in [-0.39, 0.29) is 13.2 Å². The van der Waals surface area contributed by atoms with Crippen molar-refractivity contribution in [2.75, 3.05) is 20.8 Å². The highest BCUT2D eigenvalue weighted by atomic mass is 16.5. The van der Waals surface area contributed by atoms with Gasteiger partial charge in [0, 0.05) is 5.56 Å². The normalized spacial score (nSPS) is 11.9. The van der Waals surface area contributed by atoms with E-state index in [0.717, 1.165) is 28.0 Å². The van der Waals surface area contributed by atoms with E-state index < -0.39 is 6.10 Å². The lowest BCUT2D eigenvalue weighted by molar-refractivity contribution is 0.0843. The van der Waals surface area contributed by atoms with Gasteiger partial charge in [-0.05, 0) is 60.9 Å². The Labute approximate surface area is 170 Å². The molecule has 0 aliphatic carbocycles. The van der Waals surface area contributed by atoms with Crippen LogP contribution in [0.15, 0.2) is 30.3 Å². The Kier molecular flexibility index (Phi) is 6.33. The number of nitrogens with zero attached hydrogens (tertiary/aromatic N) is 4. The Morgan fingerprint density at radius 2 is 1.72 bits per heavy atom. The molecule has 29 heavy (non-hydrogen) atoms. The molecule has 0 radical (unpaired) electrons. The molecule has 1 unspecified atom stereocenters. The van der Waals surface area contributed by atoms with E-state index in [9.17, 15) is 5.11 Å². The molecule has 0 aliphatic heterocycles. The summed E-state index contributed by atoms with van der Waals surface area (Å²) in [6.45, 7) is 6.34. The highest BCUT2D eigenvalue weighted by Gasteiger charge is 2.14. The molecule has 0 saturated heterocycles. The maximum absolute atomic E-state index is 10.4. The lowest BCUT2D eigenvalue weighted by atomic mass is 10.1. The second kappa shape index (κ2) is 8.91. The Hall–Kier alpha value is -3.13. The molecule has 0 bridgehead atoms. The third kappa shape index (κ3) is 4.65. The number of tetrazole rings is 1. The highest BCUT2D eigenvalue weighted by Crippen LogP contribution is 2.30. The monoisotopic (exact) mass is 398 g/mol. The van der Waals surface area contributed by atoms with Gasteiger partial charge in [-0.2, -0.15) is 4.80 Å². The highest BCUT2D eigenvalue weighted by molar-refractivity contribution is 5.60. The van der Waals surface area contributed by atoms with Gasteiger partial charge in [-0.25, -0.2) is 0 Å². The zero-order valence-electron chi connectivity index (χ0n) is 17.3. The number of aryl methyl sites for hydroxylation is 2. The van der Waals surface area contributed by atoms with Crippen molar-refractivity contribution in [3.63, 3.8) is 0 Å². The molecular weight excluding hydrogens is 372 g/mol. The van der Waals surface area contributed by atoms with Gasteiger partial charge in [0.2, 0.25) is 5.82 Å². The molecule has 0 spiro atoms. The summed E-state index contributed by atoms with van der Waals surface area (Å²) in [5, 5.41) is 22.8. The molecular formula is C21H26N4O4. The van der Waals surface area contributed by atoms with Crippen LogP contribution in [0.5, 0.6) is 17.2 Å². The van der Waals surface area contributed by atoms with Crippen molar-refractivity contribution in [3.05, 3.63) is 47.0 Å². The zero-order chi connectivity index (χ0) is 21.0. The van der Waals surface area contributed by atoms with E-state index in [1.165, 1.54) is 4.80 Å². The fourth-order valence-corrected chi connectivity index (χ4v) is 2.98. The van der Waals surface area contributed by atoms with Gasteiger partial charge in [-0.1, -0.05) is 12.1 Å². The molecule has 3 aromatic rings. The second-order valence-electron chi connectivity index (χ2n) is 6.86. The summed E-state index contributed by atoms with van der Waals surface area (Å²) < 4.78 is 16.4. The summed E-state index contributed by atoms with van der Waals surface area (Å²) in [7, 11) is 3.15.